The summed E-state index contributed by atoms with van der Waals surface area (Å²) >= 11 is 3.46. The minimum Gasteiger partial charge on any atom is -0.461 e. The van der Waals surface area contributed by atoms with Crippen molar-refractivity contribution in [1.82, 2.24) is 9.97 Å². The first-order valence-electron chi connectivity index (χ1n) is 6.09. The predicted molar refractivity (Wildman–Crippen MR) is 75.6 cm³/mol. The number of hydrogen-bond donors (Lipinski definition) is 1. The summed E-state index contributed by atoms with van der Waals surface area (Å²) < 4.78 is 6.36. The minimum absolute atomic E-state index is 0.744. The zero-order valence-electron chi connectivity index (χ0n) is 10.5. The van der Waals surface area contributed by atoms with Crippen molar-refractivity contribution in [3.63, 3.8) is 0 Å². The van der Waals surface area contributed by atoms with Crippen molar-refractivity contribution in [1.29, 1.82) is 0 Å². The van der Waals surface area contributed by atoms with Crippen molar-refractivity contribution in [3.8, 4) is 11.5 Å². The molecule has 2 heterocycles. The maximum Gasteiger partial charge on any atom is 0.166 e. The van der Waals surface area contributed by atoms with E-state index in [0.29, 0.717) is 0 Å². The van der Waals surface area contributed by atoms with Gasteiger partial charge in [-0.25, -0.2) is 9.97 Å². The van der Waals surface area contributed by atoms with E-state index in [-0.39, 0.29) is 0 Å². The molecule has 0 atom stereocenters. The minimum atomic E-state index is 0.744. The Kier molecular flexibility index (Phi) is 4.36. The molecule has 5 heteroatoms. The van der Waals surface area contributed by atoms with Crippen LogP contribution < -0.4 is 5.32 Å². The van der Waals surface area contributed by atoms with Crippen LogP contribution in [0.2, 0.25) is 0 Å². The highest BCUT2D eigenvalue weighted by molar-refractivity contribution is 9.10. The Morgan fingerprint density at radius 3 is 2.78 bits per heavy atom. The fourth-order valence-electron chi connectivity index (χ4n) is 1.70. The van der Waals surface area contributed by atoms with Crippen molar-refractivity contribution in [2.45, 2.75) is 26.7 Å². The van der Waals surface area contributed by atoms with Gasteiger partial charge in [-0.05, 0) is 35.3 Å². The van der Waals surface area contributed by atoms with Crippen LogP contribution >= 0.6 is 15.9 Å². The molecule has 0 spiro atoms. The maximum absolute atomic E-state index is 5.45. The Labute approximate surface area is 115 Å². The van der Waals surface area contributed by atoms with Gasteiger partial charge >= 0.3 is 0 Å². The van der Waals surface area contributed by atoms with Crippen molar-refractivity contribution in [2.24, 2.45) is 0 Å². The number of hydrogen-bond acceptors (Lipinski definition) is 4. The average molecular weight is 310 g/mol. The summed E-state index contributed by atoms with van der Waals surface area (Å²) in [5, 5.41) is 3.22. The Balaban J connectivity index is 2.42. The third-order valence-corrected chi connectivity index (χ3v) is 3.08. The zero-order valence-corrected chi connectivity index (χ0v) is 12.1. The van der Waals surface area contributed by atoms with Crippen molar-refractivity contribution in [3.05, 3.63) is 28.7 Å². The van der Waals surface area contributed by atoms with Crippen LogP contribution in [0, 0.1) is 0 Å². The van der Waals surface area contributed by atoms with E-state index < -0.39 is 0 Å². The van der Waals surface area contributed by atoms with Crippen LogP contribution in [0.25, 0.3) is 11.5 Å². The van der Waals surface area contributed by atoms with E-state index in [1.54, 1.807) is 6.26 Å². The molecular weight excluding hydrogens is 294 g/mol. The second kappa shape index (κ2) is 6.00. The molecule has 4 nitrogen and oxygen atoms in total. The van der Waals surface area contributed by atoms with E-state index in [9.17, 15) is 0 Å². The van der Waals surface area contributed by atoms with Crippen LogP contribution in [0.1, 0.15) is 26.1 Å². The second-order valence-corrected chi connectivity index (χ2v) is 4.79. The molecule has 0 aliphatic rings. The summed E-state index contributed by atoms with van der Waals surface area (Å²) in [5.41, 5.74) is 0.807. The van der Waals surface area contributed by atoms with Crippen LogP contribution in [-0.4, -0.2) is 16.5 Å². The lowest BCUT2D eigenvalue weighted by molar-refractivity contribution is 0.578. The number of nitrogens with one attached hydrogen (secondary N) is 1. The van der Waals surface area contributed by atoms with Gasteiger partial charge in [-0.1, -0.05) is 6.92 Å². The van der Waals surface area contributed by atoms with Crippen LogP contribution in [0.3, 0.4) is 0 Å². The number of halogens is 1. The van der Waals surface area contributed by atoms with Gasteiger partial charge in [0.05, 0.1) is 10.7 Å². The van der Waals surface area contributed by atoms with Crippen LogP contribution in [0.4, 0.5) is 5.82 Å². The predicted octanol–water partition coefficient (Wildman–Crippen LogP) is 3.88. The number of aromatic nitrogens is 2. The third-order valence-electron chi connectivity index (χ3n) is 2.45. The highest BCUT2D eigenvalue weighted by Crippen LogP contribution is 2.29. The molecule has 0 aliphatic heterocycles. The molecule has 0 aromatic carbocycles. The summed E-state index contributed by atoms with van der Waals surface area (Å²) in [5.74, 6) is 2.43. The molecule has 0 amide bonds. The first-order valence-corrected chi connectivity index (χ1v) is 6.89. The topological polar surface area (TPSA) is 51.0 Å². The SMILES string of the molecule is CCCc1nc(NCC)cc(-c2occc2Br)n1. The largest absolute Gasteiger partial charge is 0.461 e. The van der Waals surface area contributed by atoms with E-state index in [1.165, 1.54) is 0 Å². The molecule has 18 heavy (non-hydrogen) atoms. The highest BCUT2D eigenvalue weighted by atomic mass is 79.9. The number of nitrogens with zero attached hydrogens (tertiary/aromatic N) is 2. The van der Waals surface area contributed by atoms with Crippen molar-refractivity contribution in [2.75, 3.05) is 11.9 Å². The molecule has 96 valence electrons. The van der Waals surface area contributed by atoms with Gasteiger partial charge in [0.25, 0.3) is 0 Å². The van der Waals surface area contributed by atoms with E-state index in [4.69, 9.17) is 4.42 Å². The van der Waals surface area contributed by atoms with Crippen LogP contribution in [-0.2, 0) is 6.42 Å². The van der Waals surface area contributed by atoms with Gasteiger partial charge in [-0.3, -0.25) is 0 Å². The lowest BCUT2D eigenvalue weighted by Crippen LogP contribution is -2.04. The fraction of sp³-hybridized carbons (Fsp3) is 0.385. The number of furan rings is 1. The summed E-state index contributed by atoms with van der Waals surface area (Å²) in [6, 6.07) is 3.77. The lowest BCUT2D eigenvalue weighted by atomic mass is 10.2. The first-order chi connectivity index (χ1) is 8.74. The molecule has 2 aromatic heterocycles. The molecule has 1 N–H and O–H groups in total. The van der Waals surface area contributed by atoms with E-state index in [0.717, 1.165) is 47.0 Å². The summed E-state index contributed by atoms with van der Waals surface area (Å²) in [6.45, 7) is 5.00. The lowest BCUT2D eigenvalue weighted by Gasteiger charge is -2.07. The molecule has 2 aromatic rings. The second-order valence-electron chi connectivity index (χ2n) is 3.93. The molecule has 2 rings (SSSR count). The average Bonchev–Trinajstić information content (AvgIpc) is 2.76. The summed E-state index contributed by atoms with van der Waals surface area (Å²) in [4.78, 5) is 9.01. The zero-order chi connectivity index (χ0) is 13.0. The highest BCUT2D eigenvalue weighted by Gasteiger charge is 2.11. The Hall–Kier alpha value is -1.36. The van der Waals surface area contributed by atoms with Crippen LogP contribution in [0.5, 0.6) is 0 Å². The molecular formula is C13H16BrN3O. The Bertz CT molecular complexity index is 500. The molecule has 0 unspecified atom stereocenters. The van der Waals surface area contributed by atoms with Crippen molar-refractivity contribution < 1.29 is 4.42 Å². The Morgan fingerprint density at radius 2 is 2.17 bits per heavy atom. The monoisotopic (exact) mass is 309 g/mol. The van der Waals surface area contributed by atoms with Crippen molar-refractivity contribution >= 4 is 21.7 Å². The normalized spacial score (nSPS) is 10.6. The Morgan fingerprint density at radius 1 is 1.33 bits per heavy atom. The molecule has 0 bridgehead atoms. The standard InChI is InChI=1S/C13H16BrN3O/c1-3-5-11-16-10(8-12(17-11)15-4-2)13-9(14)6-7-18-13/h6-8H,3-5H2,1-2H3,(H,15,16,17). The maximum atomic E-state index is 5.45. The van der Waals surface area contributed by atoms with Gasteiger partial charge in [0.2, 0.25) is 0 Å². The first kappa shape index (κ1) is 13.1. The van der Waals surface area contributed by atoms with E-state index >= 15 is 0 Å². The molecule has 0 saturated carbocycles. The molecule has 0 saturated heterocycles. The number of aryl methyl sites for hydroxylation is 1. The van der Waals surface area contributed by atoms with Gasteiger partial charge in [0, 0.05) is 19.0 Å². The van der Waals surface area contributed by atoms with Gasteiger partial charge in [0.1, 0.15) is 17.3 Å². The molecule has 0 aliphatic carbocycles. The number of anilines is 1. The van der Waals surface area contributed by atoms with Gasteiger partial charge < -0.3 is 9.73 Å². The molecule has 0 fully saturated rings. The molecule has 0 radical (unpaired) electrons. The van der Waals surface area contributed by atoms with E-state index in [2.05, 4.69) is 38.1 Å². The smallest absolute Gasteiger partial charge is 0.166 e. The van der Waals surface area contributed by atoms with Gasteiger partial charge in [-0.2, -0.15) is 0 Å². The quantitative estimate of drug-likeness (QED) is 0.910. The van der Waals surface area contributed by atoms with Gasteiger partial charge in [0.15, 0.2) is 5.76 Å². The summed E-state index contributed by atoms with van der Waals surface area (Å²) in [7, 11) is 0. The fourth-order valence-corrected chi connectivity index (χ4v) is 2.10. The van der Waals surface area contributed by atoms with E-state index in [1.807, 2.05) is 19.1 Å². The number of rotatable bonds is 5. The summed E-state index contributed by atoms with van der Waals surface area (Å²) in [6.07, 6.45) is 3.53. The van der Waals surface area contributed by atoms with Gasteiger partial charge in [-0.15, -0.1) is 0 Å². The third kappa shape index (κ3) is 2.90. The van der Waals surface area contributed by atoms with Crippen LogP contribution in [0.15, 0.2) is 27.3 Å².